The molecular weight excluding hydrogens is 320 g/mol. The van der Waals surface area contributed by atoms with Gasteiger partial charge in [0.1, 0.15) is 0 Å². The van der Waals surface area contributed by atoms with Crippen molar-refractivity contribution in [2.75, 3.05) is 24.5 Å². The summed E-state index contributed by atoms with van der Waals surface area (Å²) < 4.78 is 7.33. The van der Waals surface area contributed by atoms with Crippen LogP contribution in [0, 0.1) is 5.92 Å². The van der Waals surface area contributed by atoms with E-state index in [4.69, 9.17) is 4.52 Å². The molecule has 0 bridgehead atoms. The van der Waals surface area contributed by atoms with Crippen molar-refractivity contribution in [2.45, 2.75) is 50.6 Å². The van der Waals surface area contributed by atoms with Gasteiger partial charge in [-0.2, -0.15) is 4.98 Å². The maximum atomic E-state index is 5.56. The molecule has 2 saturated heterocycles. The van der Waals surface area contributed by atoms with Crippen LogP contribution in [0.3, 0.4) is 0 Å². The molecule has 9 heteroatoms. The van der Waals surface area contributed by atoms with Gasteiger partial charge in [0.25, 0.3) is 0 Å². The van der Waals surface area contributed by atoms with Gasteiger partial charge >= 0.3 is 0 Å². The van der Waals surface area contributed by atoms with Crippen molar-refractivity contribution in [1.82, 2.24) is 35.2 Å². The fourth-order valence-corrected chi connectivity index (χ4v) is 4.33. The molecular formula is C16H24N8O. The van der Waals surface area contributed by atoms with Crippen LogP contribution in [0.5, 0.6) is 0 Å². The van der Waals surface area contributed by atoms with E-state index in [-0.39, 0.29) is 6.04 Å². The SMILES string of the molecule is CC(c1nc(C2CC2)no1)N1CC2CCCN(c3nnnn3C)C2C1. The van der Waals surface area contributed by atoms with Gasteiger partial charge < -0.3 is 9.42 Å². The molecule has 0 N–H and O–H groups in total. The summed E-state index contributed by atoms with van der Waals surface area (Å²) >= 11 is 0. The van der Waals surface area contributed by atoms with Gasteiger partial charge in [-0.25, -0.2) is 4.68 Å². The molecule has 1 saturated carbocycles. The molecule has 4 heterocycles. The summed E-state index contributed by atoms with van der Waals surface area (Å²) in [5.41, 5.74) is 0. The Bertz CT molecular complexity index is 753. The number of aryl methyl sites for hydroxylation is 1. The highest BCUT2D eigenvalue weighted by Gasteiger charge is 2.43. The van der Waals surface area contributed by atoms with Crippen molar-refractivity contribution in [1.29, 1.82) is 0 Å². The van der Waals surface area contributed by atoms with Crippen molar-refractivity contribution >= 4 is 5.95 Å². The average Bonchev–Trinajstić information content (AvgIpc) is 3.03. The van der Waals surface area contributed by atoms with E-state index in [0.29, 0.717) is 17.9 Å². The summed E-state index contributed by atoms with van der Waals surface area (Å²) in [6, 6.07) is 0.608. The number of piperidine rings is 1. The third-order valence-corrected chi connectivity index (χ3v) is 5.97. The fraction of sp³-hybridized carbons (Fsp3) is 0.812. The molecule has 0 amide bonds. The monoisotopic (exact) mass is 344 g/mol. The first-order valence-electron chi connectivity index (χ1n) is 9.27. The minimum absolute atomic E-state index is 0.157. The number of fused-ring (bicyclic) bond motifs is 1. The van der Waals surface area contributed by atoms with Crippen molar-refractivity contribution in [3.05, 3.63) is 11.7 Å². The molecule has 0 spiro atoms. The molecule has 0 aromatic carbocycles. The highest BCUT2D eigenvalue weighted by atomic mass is 16.5. The van der Waals surface area contributed by atoms with E-state index in [9.17, 15) is 0 Å². The summed E-state index contributed by atoms with van der Waals surface area (Å²) in [7, 11) is 1.91. The van der Waals surface area contributed by atoms with Gasteiger partial charge in [-0.1, -0.05) is 10.3 Å². The molecule has 3 aliphatic rings. The first kappa shape index (κ1) is 15.2. The third-order valence-electron chi connectivity index (χ3n) is 5.97. The van der Waals surface area contributed by atoms with E-state index in [1.807, 2.05) is 7.05 Å². The fourth-order valence-electron chi connectivity index (χ4n) is 4.33. The molecule has 25 heavy (non-hydrogen) atoms. The molecule has 3 atom stereocenters. The maximum Gasteiger partial charge on any atom is 0.245 e. The van der Waals surface area contributed by atoms with E-state index in [2.05, 4.69) is 42.4 Å². The molecule has 2 aromatic rings. The van der Waals surface area contributed by atoms with Gasteiger partial charge in [0.15, 0.2) is 5.82 Å². The molecule has 3 fully saturated rings. The largest absolute Gasteiger partial charge is 0.338 e. The summed E-state index contributed by atoms with van der Waals surface area (Å²) in [5, 5.41) is 16.2. The molecule has 5 rings (SSSR count). The molecule has 0 radical (unpaired) electrons. The molecule has 3 unspecified atom stereocenters. The van der Waals surface area contributed by atoms with Crippen LogP contribution in [0.4, 0.5) is 5.95 Å². The normalized spacial score (nSPS) is 28.3. The lowest BCUT2D eigenvalue weighted by molar-refractivity contribution is 0.201. The van der Waals surface area contributed by atoms with Crippen LogP contribution in [0.15, 0.2) is 4.52 Å². The summed E-state index contributed by atoms with van der Waals surface area (Å²) in [5.74, 6) is 3.69. The van der Waals surface area contributed by atoms with E-state index in [0.717, 1.165) is 37.3 Å². The Balaban J connectivity index is 1.34. The van der Waals surface area contributed by atoms with Crippen LogP contribution in [0.2, 0.25) is 0 Å². The van der Waals surface area contributed by atoms with E-state index in [1.54, 1.807) is 4.68 Å². The van der Waals surface area contributed by atoms with Crippen molar-refractivity contribution in [3.8, 4) is 0 Å². The Morgan fingerprint density at radius 2 is 2.08 bits per heavy atom. The second kappa shape index (κ2) is 5.76. The Kier molecular flexibility index (Phi) is 3.51. The quantitative estimate of drug-likeness (QED) is 0.815. The average molecular weight is 344 g/mol. The maximum absolute atomic E-state index is 5.56. The number of tetrazole rings is 1. The summed E-state index contributed by atoms with van der Waals surface area (Å²) in [6.07, 6.45) is 4.83. The number of nitrogens with zero attached hydrogens (tertiary/aromatic N) is 8. The Morgan fingerprint density at radius 3 is 2.84 bits per heavy atom. The Labute approximate surface area is 146 Å². The van der Waals surface area contributed by atoms with Crippen LogP contribution in [0.25, 0.3) is 0 Å². The predicted octanol–water partition coefficient (Wildman–Crippen LogP) is 1.13. The Hall–Kier alpha value is -2.03. The first-order chi connectivity index (χ1) is 12.2. The second-order valence-corrected chi connectivity index (χ2v) is 7.66. The standard InChI is InChI=1S/C16H24N8O/c1-10(15-17-14(19-25-15)11-5-6-11)23-8-12-4-3-7-24(13(12)9-23)16-18-20-21-22(16)2/h10-13H,3-9H2,1-2H3. The van der Waals surface area contributed by atoms with Crippen LogP contribution in [-0.4, -0.2) is 60.9 Å². The van der Waals surface area contributed by atoms with Gasteiger partial charge in [-0.05, 0) is 49.0 Å². The second-order valence-electron chi connectivity index (χ2n) is 7.66. The Morgan fingerprint density at radius 1 is 1.20 bits per heavy atom. The third kappa shape index (κ3) is 2.61. The molecule has 134 valence electrons. The minimum atomic E-state index is 0.157. The number of likely N-dealkylation sites (tertiary alicyclic amines) is 1. The highest BCUT2D eigenvalue weighted by Crippen LogP contribution is 2.40. The van der Waals surface area contributed by atoms with Crippen LogP contribution < -0.4 is 4.90 Å². The van der Waals surface area contributed by atoms with E-state index in [1.165, 1.54) is 25.7 Å². The van der Waals surface area contributed by atoms with Gasteiger partial charge in [-0.15, -0.1) is 0 Å². The zero-order valence-corrected chi connectivity index (χ0v) is 14.7. The lowest BCUT2D eigenvalue weighted by atomic mass is 9.92. The predicted molar refractivity (Wildman–Crippen MR) is 88.9 cm³/mol. The number of hydrogen-bond acceptors (Lipinski definition) is 8. The van der Waals surface area contributed by atoms with Gasteiger partial charge in [-0.3, -0.25) is 4.90 Å². The summed E-state index contributed by atoms with van der Waals surface area (Å²) in [6.45, 7) is 5.24. The first-order valence-corrected chi connectivity index (χ1v) is 9.27. The summed E-state index contributed by atoms with van der Waals surface area (Å²) in [4.78, 5) is 9.50. The highest BCUT2D eigenvalue weighted by molar-refractivity contribution is 5.33. The van der Waals surface area contributed by atoms with Crippen LogP contribution in [0.1, 0.15) is 56.3 Å². The molecule has 2 aromatic heterocycles. The van der Waals surface area contributed by atoms with Gasteiger partial charge in [0.2, 0.25) is 11.8 Å². The number of anilines is 1. The molecule has 9 nitrogen and oxygen atoms in total. The molecule has 2 aliphatic heterocycles. The zero-order chi connectivity index (χ0) is 17.0. The molecule has 1 aliphatic carbocycles. The van der Waals surface area contributed by atoms with Gasteiger partial charge in [0.05, 0.1) is 6.04 Å². The zero-order valence-electron chi connectivity index (χ0n) is 14.7. The lowest BCUT2D eigenvalue weighted by Gasteiger charge is -2.36. The van der Waals surface area contributed by atoms with Crippen molar-refractivity contribution in [3.63, 3.8) is 0 Å². The number of rotatable bonds is 4. The smallest absolute Gasteiger partial charge is 0.245 e. The number of hydrogen-bond donors (Lipinski definition) is 0. The van der Waals surface area contributed by atoms with Gasteiger partial charge in [0, 0.05) is 38.6 Å². The van der Waals surface area contributed by atoms with Crippen molar-refractivity contribution < 1.29 is 4.52 Å². The van der Waals surface area contributed by atoms with Crippen molar-refractivity contribution in [2.24, 2.45) is 13.0 Å². The van der Waals surface area contributed by atoms with E-state index >= 15 is 0 Å². The number of aromatic nitrogens is 6. The van der Waals surface area contributed by atoms with Crippen LogP contribution in [-0.2, 0) is 7.05 Å². The minimum Gasteiger partial charge on any atom is -0.338 e. The lowest BCUT2D eigenvalue weighted by Crippen LogP contribution is -2.46. The van der Waals surface area contributed by atoms with E-state index < -0.39 is 0 Å². The topological polar surface area (TPSA) is 89.0 Å². The van der Waals surface area contributed by atoms with Crippen LogP contribution >= 0.6 is 0 Å².